The number of hydrogen-bond donors (Lipinski definition) is 0. The van der Waals surface area contributed by atoms with Crippen molar-refractivity contribution in [2.75, 3.05) is 19.9 Å². The molecule has 1 saturated heterocycles. The molecule has 1 fully saturated rings. The number of thioether (sulfide) groups is 1. The average molecular weight is 331 g/mol. The minimum Gasteiger partial charge on any atom is -0.496 e. The highest BCUT2D eigenvalue weighted by atomic mass is 32.2. The molecule has 4 heteroatoms. The largest absolute Gasteiger partial charge is 0.496 e. The van der Waals surface area contributed by atoms with E-state index in [1.807, 2.05) is 6.07 Å². The molecule has 0 aliphatic carbocycles. The molecule has 0 spiro atoms. The molecule has 1 aromatic carbocycles. The van der Waals surface area contributed by atoms with Crippen molar-refractivity contribution in [3.63, 3.8) is 0 Å². The van der Waals surface area contributed by atoms with Crippen molar-refractivity contribution in [2.45, 2.75) is 43.2 Å². The molecule has 1 aliphatic rings. The van der Waals surface area contributed by atoms with E-state index in [2.05, 4.69) is 35.4 Å². The molecule has 23 heavy (non-hydrogen) atoms. The summed E-state index contributed by atoms with van der Waals surface area (Å²) in [4.78, 5) is 3.74. The second-order valence-electron chi connectivity index (χ2n) is 6.04. The van der Waals surface area contributed by atoms with Gasteiger partial charge in [-0.2, -0.15) is 0 Å². The summed E-state index contributed by atoms with van der Waals surface area (Å²) in [7, 11) is 1.75. The van der Waals surface area contributed by atoms with Crippen LogP contribution in [0.4, 0.5) is 0 Å². The lowest BCUT2D eigenvalue weighted by molar-refractivity contribution is 0.169. The third-order valence-corrected chi connectivity index (χ3v) is 5.35. The van der Waals surface area contributed by atoms with Crippen LogP contribution in [-0.4, -0.2) is 24.8 Å². The number of benzene rings is 1. The van der Waals surface area contributed by atoms with Gasteiger partial charge in [-0.15, -0.1) is 11.8 Å². The summed E-state index contributed by atoms with van der Waals surface area (Å²) < 4.78 is 11.2. The van der Waals surface area contributed by atoms with Gasteiger partial charge >= 0.3 is 0 Å². The molecule has 1 atom stereocenters. The Morgan fingerprint density at radius 3 is 2.91 bits per heavy atom. The summed E-state index contributed by atoms with van der Waals surface area (Å²) >= 11 is 1.72. The zero-order valence-electron chi connectivity index (χ0n) is 14.0. The van der Waals surface area contributed by atoms with E-state index >= 15 is 0 Å². The highest BCUT2D eigenvalue weighted by molar-refractivity contribution is 7.98. The first-order valence-electron chi connectivity index (χ1n) is 8.30. The van der Waals surface area contributed by atoms with Crippen LogP contribution in [0.15, 0.2) is 45.9 Å². The van der Waals surface area contributed by atoms with E-state index in [1.54, 1.807) is 25.1 Å². The van der Waals surface area contributed by atoms with Crippen LogP contribution in [0, 0.1) is 0 Å². The van der Waals surface area contributed by atoms with Gasteiger partial charge in [0.2, 0.25) is 0 Å². The van der Waals surface area contributed by atoms with Crippen molar-refractivity contribution in [2.24, 2.45) is 0 Å². The Morgan fingerprint density at radius 1 is 1.26 bits per heavy atom. The molecule has 0 amide bonds. The van der Waals surface area contributed by atoms with Gasteiger partial charge in [0.1, 0.15) is 11.5 Å². The lowest BCUT2D eigenvalue weighted by Crippen LogP contribution is -2.27. The van der Waals surface area contributed by atoms with Crippen LogP contribution in [-0.2, 0) is 6.54 Å². The van der Waals surface area contributed by atoms with E-state index < -0.39 is 0 Å². The Hall–Kier alpha value is -1.39. The topological polar surface area (TPSA) is 25.6 Å². The first-order chi connectivity index (χ1) is 11.3. The standard InChI is InChI=1S/C19H25NO2S/c1-21-18-13-15(9-10-19(18)23-2)14-20-11-5-3-4-7-16(20)17-8-6-12-22-17/h6,8-10,12-13,16H,3-5,7,11,14H2,1-2H3. The molecule has 124 valence electrons. The second-order valence-corrected chi connectivity index (χ2v) is 6.89. The molecule has 0 bridgehead atoms. The van der Waals surface area contributed by atoms with E-state index in [4.69, 9.17) is 9.15 Å². The molecule has 1 aromatic heterocycles. The number of hydrogen-bond acceptors (Lipinski definition) is 4. The molecular formula is C19H25NO2S. The van der Waals surface area contributed by atoms with Gasteiger partial charge < -0.3 is 9.15 Å². The van der Waals surface area contributed by atoms with Gasteiger partial charge in [0, 0.05) is 11.4 Å². The van der Waals surface area contributed by atoms with Gasteiger partial charge in [-0.3, -0.25) is 4.90 Å². The second kappa shape index (κ2) is 7.93. The highest BCUT2D eigenvalue weighted by Gasteiger charge is 2.24. The zero-order chi connectivity index (χ0) is 16.1. The summed E-state index contributed by atoms with van der Waals surface area (Å²) in [5, 5.41) is 0. The van der Waals surface area contributed by atoms with Crippen molar-refractivity contribution in [1.29, 1.82) is 0 Å². The van der Waals surface area contributed by atoms with Crippen LogP contribution in [0.3, 0.4) is 0 Å². The first kappa shape index (κ1) is 16.5. The normalized spacial score (nSPS) is 19.5. The molecule has 0 saturated carbocycles. The summed E-state index contributed by atoms with van der Waals surface area (Å²) in [5.41, 5.74) is 1.30. The van der Waals surface area contributed by atoms with Gasteiger partial charge in [-0.1, -0.05) is 18.9 Å². The Morgan fingerprint density at radius 2 is 2.17 bits per heavy atom. The maximum Gasteiger partial charge on any atom is 0.132 e. The van der Waals surface area contributed by atoms with Gasteiger partial charge in [0.15, 0.2) is 0 Å². The number of ether oxygens (including phenoxy) is 1. The van der Waals surface area contributed by atoms with E-state index in [0.717, 1.165) is 24.6 Å². The molecule has 0 N–H and O–H groups in total. The Kier molecular flexibility index (Phi) is 5.68. The van der Waals surface area contributed by atoms with Gasteiger partial charge in [-0.25, -0.2) is 0 Å². The third-order valence-electron chi connectivity index (χ3n) is 4.57. The fraction of sp³-hybridized carbons (Fsp3) is 0.474. The van der Waals surface area contributed by atoms with Crippen LogP contribution < -0.4 is 4.74 Å². The minimum atomic E-state index is 0.388. The van der Waals surface area contributed by atoms with Gasteiger partial charge in [0.05, 0.1) is 19.4 Å². The molecule has 2 aromatic rings. The number of likely N-dealkylation sites (tertiary alicyclic amines) is 1. The average Bonchev–Trinajstić information content (AvgIpc) is 3.02. The monoisotopic (exact) mass is 331 g/mol. The first-order valence-corrected chi connectivity index (χ1v) is 9.52. The smallest absolute Gasteiger partial charge is 0.132 e. The molecule has 3 nitrogen and oxygen atoms in total. The van der Waals surface area contributed by atoms with E-state index in [9.17, 15) is 0 Å². The van der Waals surface area contributed by atoms with Crippen LogP contribution in [0.25, 0.3) is 0 Å². The van der Waals surface area contributed by atoms with Crippen molar-refractivity contribution < 1.29 is 9.15 Å². The summed E-state index contributed by atoms with van der Waals surface area (Å²) in [6.07, 6.45) is 8.89. The van der Waals surface area contributed by atoms with Crippen LogP contribution in [0.1, 0.15) is 43.0 Å². The molecule has 2 heterocycles. The fourth-order valence-electron chi connectivity index (χ4n) is 3.37. The van der Waals surface area contributed by atoms with Gasteiger partial charge in [0.25, 0.3) is 0 Å². The summed E-state index contributed by atoms with van der Waals surface area (Å²) in [6, 6.07) is 11.1. The number of nitrogens with zero attached hydrogens (tertiary/aromatic N) is 1. The Balaban J connectivity index is 1.81. The predicted octanol–water partition coefficient (Wildman–Crippen LogP) is 5.13. The number of furan rings is 1. The van der Waals surface area contributed by atoms with Crippen molar-refractivity contribution in [3.05, 3.63) is 47.9 Å². The summed E-state index contributed by atoms with van der Waals surface area (Å²) in [5.74, 6) is 2.07. The minimum absolute atomic E-state index is 0.388. The molecule has 0 radical (unpaired) electrons. The van der Waals surface area contributed by atoms with E-state index in [1.165, 1.54) is 36.1 Å². The lowest BCUT2D eigenvalue weighted by Gasteiger charge is -2.28. The molecule has 1 unspecified atom stereocenters. The Labute approximate surface area is 143 Å². The highest BCUT2D eigenvalue weighted by Crippen LogP contribution is 2.33. The maximum absolute atomic E-state index is 5.71. The molecular weight excluding hydrogens is 306 g/mol. The SMILES string of the molecule is COc1cc(CN2CCCCCC2c2ccco2)ccc1SC. The van der Waals surface area contributed by atoms with Gasteiger partial charge in [-0.05, 0) is 55.5 Å². The molecule has 1 aliphatic heterocycles. The quantitative estimate of drug-likeness (QED) is 0.710. The molecule has 3 rings (SSSR count). The third kappa shape index (κ3) is 3.93. The van der Waals surface area contributed by atoms with Crippen LogP contribution in [0.5, 0.6) is 5.75 Å². The van der Waals surface area contributed by atoms with Crippen molar-refractivity contribution in [3.8, 4) is 5.75 Å². The number of rotatable bonds is 5. The van der Waals surface area contributed by atoms with Crippen LogP contribution >= 0.6 is 11.8 Å². The number of methoxy groups -OCH3 is 1. The maximum atomic E-state index is 5.71. The zero-order valence-corrected chi connectivity index (χ0v) is 14.8. The summed E-state index contributed by atoms with van der Waals surface area (Å²) in [6.45, 7) is 2.06. The van der Waals surface area contributed by atoms with Crippen LogP contribution in [0.2, 0.25) is 0 Å². The lowest BCUT2D eigenvalue weighted by atomic mass is 10.1. The van der Waals surface area contributed by atoms with Crippen molar-refractivity contribution >= 4 is 11.8 Å². The van der Waals surface area contributed by atoms with E-state index in [0.29, 0.717) is 6.04 Å². The van der Waals surface area contributed by atoms with Crippen molar-refractivity contribution in [1.82, 2.24) is 4.90 Å². The Bertz CT molecular complexity index is 612. The predicted molar refractivity (Wildman–Crippen MR) is 95.1 cm³/mol. The fourth-order valence-corrected chi connectivity index (χ4v) is 3.92. The van der Waals surface area contributed by atoms with E-state index in [-0.39, 0.29) is 0 Å².